The minimum Gasteiger partial charge on any atom is -0.494 e. The molecule has 0 N–H and O–H groups in total. The van der Waals surface area contributed by atoms with Gasteiger partial charge in [-0.25, -0.2) is 0 Å². The zero-order valence-corrected chi connectivity index (χ0v) is 40.6. The molecule has 0 saturated heterocycles. The molecule has 0 aromatic rings. The van der Waals surface area contributed by atoms with Gasteiger partial charge in [0, 0.05) is 12.8 Å². The molecule has 0 aliphatic carbocycles. The van der Waals surface area contributed by atoms with E-state index in [0.717, 1.165) is 74.4 Å². The maximum absolute atomic E-state index is 6.23. The van der Waals surface area contributed by atoms with Crippen molar-refractivity contribution in [3.05, 3.63) is 23.0 Å². The number of ether oxygens (including phenoxy) is 7. The van der Waals surface area contributed by atoms with Crippen LogP contribution in [0.2, 0.25) is 0 Å². The Balaban J connectivity index is 4.65. The number of hydrogen-bond acceptors (Lipinski definition) is 7. The lowest BCUT2D eigenvalue weighted by Crippen LogP contribution is -2.14. The van der Waals surface area contributed by atoms with Gasteiger partial charge in [0.05, 0.1) is 26.4 Å². The standard InChI is InChI=1S/C52H102O7/c1-7-13-15-17-19-21-23-25-27-29-31-33-35-37-39-49(56-41-9-3)51(58-43-11-5)45-53-47-55-48-54-46-52(59-44-12-6)50(57-42-10-4)40-38-36-34-32-30-28-26-24-22-20-18-16-14-8-2/h7-48H2,1-6H3. The second-order valence-corrected chi connectivity index (χ2v) is 16.9. The summed E-state index contributed by atoms with van der Waals surface area (Å²) in [6.07, 6.45) is 43.5. The van der Waals surface area contributed by atoms with E-state index in [4.69, 9.17) is 33.2 Å². The van der Waals surface area contributed by atoms with Crippen LogP contribution in [-0.2, 0) is 33.2 Å². The molecular weight excluding hydrogens is 737 g/mol. The summed E-state index contributed by atoms with van der Waals surface area (Å²) in [5.41, 5.74) is 0. The van der Waals surface area contributed by atoms with Crippen LogP contribution in [0.3, 0.4) is 0 Å². The number of rotatable bonds is 50. The molecule has 0 saturated carbocycles. The molecule has 352 valence electrons. The van der Waals surface area contributed by atoms with Crippen molar-refractivity contribution in [1.82, 2.24) is 0 Å². The molecule has 0 aliphatic heterocycles. The second kappa shape index (κ2) is 49.2. The molecule has 0 rings (SSSR count). The molecule has 59 heavy (non-hydrogen) atoms. The highest BCUT2D eigenvalue weighted by atomic mass is 16.7. The zero-order chi connectivity index (χ0) is 43.0. The van der Waals surface area contributed by atoms with Crippen LogP contribution in [0.25, 0.3) is 0 Å². The lowest BCUT2D eigenvalue weighted by Gasteiger charge is -2.18. The minimum absolute atomic E-state index is 0.117. The quantitative estimate of drug-likeness (QED) is 0.0343. The number of unbranched alkanes of at least 4 members (excludes halogenated alkanes) is 26. The van der Waals surface area contributed by atoms with Crippen LogP contribution in [0.15, 0.2) is 23.0 Å². The lowest BCUT2D eigenvalue weighted by molar-refractivity contribution is -0.132. The first kappa shape index (κ1) is 57.6. The van der Waals surface area contributed by atoms with Crippen molar-refractivity contribution in [3.63, 3.8) is 0 Å². The van der Waals surface area contributed by atoms with Gasteiger partial charge in [-0.15, -0.1) is 0 Å². The van der Waals surface area contributed by atoms with Gasteiger partial charge in [0.2, 0.25) is 0 Å². The van der Waals surface area contributed by atoms with Gasteiger partial charge in [0.25, 0.3) is 0 Å². The molecule has 0 aromatic heterocycles. The Hall–Kier alpha value is -1.44. The Labute approximate surface area is 368 Å². The maximum atomic E-state index is 6.23. The third-order valence-corrected chi connectivity index (χ3v) is 10.9. The van der Waals surface area contributed by atoms with E-state index in [1.807, 2.05) is 0 Å². The summed E-state index contributed by atoms with van der Waals surface area (Å²) in [5.74, 6) is 3.49. The summed E-state index contributed by atoms with van der Waals surface area (Å²) in [4.78, 5) is 0. The van der Waals surface area contributed by atoms with Crippen molar-refractivity contribution in [1.29, 1.82) is 0 Å². The Morgan fingerprint density at radius 3 is 0.729 bits per heavy atom. The van der Waals surface area contributed by atoms with E-state index in [9.17, 15) is 0 Å². The van der Waals surface area contributed by atoms with Crippen molar-refractivity contribution >= 4 is 0 Å². The largest absolute Gasteiger partial charge is 0.494 e. The molecule has 0 fully saturated rings. The fraction of sp³-hybridized carbons (Fsp3) is 0.923. The molecule has 0 heterocycles. The second-order valence-electron chi connectivity index (χ2n) is 16.9. The Kier molecular flexibility index (Phi) is 48.0. The summed E-state index contributed by atoms with van der Waals surface area (Å²) in [7, 11) is 0. The summed E-state index contributed by atoms with van der Waals surface area (Å²) in [6.45, 7) is 16.7. The van der Waals surface area contributed by atoms with Gasteiger partial charge in [-0.1, -0.05) is 208 Å². The van der Waals surface area contributed by atoms with Crippen molar-refractivity contribution < 1.29 is 33.2 Å². The molecule has 0 aromatic carbocycles. The topological polar surface area (TPSA) is 64.6 Å². The van der Waals surface area contributed by atoms with Gasteiger partial charge in [-0.2, -0.15) is 0 Å². The molecule has 0 bridgehead atoms. The Morgan fingerprint density at radius 2 is 0.475 bits per heavy atom. The number of hydrogen-bond donors (Lipinski definition) is 0. The predicted molar refractivity (Wildman–Crippen MR) is 252 cm³/mol. The normalized spacial score (nSPS) is 12.4. The highest BCUT2D eigenvalue weighted by molar-refractivity contribution is 5.03. The van der Waals surface area contributed by atoms with E-state index in [1.54, 1.807) is 0 Å². The van der Waals surface area contributed by atoms with Gasteiger partial charge >= 0.3 is 0 Å². The minimum atomic E-state index is 0.117. The van der Waals surface area contributed by atoms with Crippen LogP contribution < -0.4 is 0 Å². The molecule has 0 aliphatic rings. The highest BCUT2D eigenvalue weighted by Gasteiger charge is 2.13. The van der Waals surface area contributed by atoms with Crippen LogP contribution in [-0.4, -0.2) is 53.2 Å². The summed E-state index contributed by atoms with van der Waals surface area (Å²) in [6, 6.07) is 0. The summed E-state index contributed by atoms with van der Waals surface area (Å²) >= 11 is 0. The summed E-state index contributed by atoms with van der Waals surface area (Å²) < 4.78 is 42.5. The first-order valence-corrected chi connectivity index (χ1v) is 25.9. The predicted octanol–water partition coefficient (Wildman–Crippen LogP) is 16.8. The molecule has 0 amide bonds. The molecular formula is C52H102O7. The van der Waals surface area contributed by atoms with Gasteiger partial charge < -0.3 is 33.2 Å². The average molecular weight is 839 g/mol. The van der Waals surface area contributed by atoms with Crippen LogP contribution in [0.4, 0.5) is 0 Å². The Bertz CT molecular complexity index is 818. The van der Waals surface area contributed by atoms with Crippen LogP contribution in [0.1, 0.15) is 260 Å². The first-order chi connectivity index (χ1) is 29.2. The van der Waals surface area contributed by atoms with E-state index in [1.165, 1.54) is 167 Å². The molecule has 7 nitrogen and oxygen atoms in total. The molecule has 0 atom stereocenters. The SMILES string of the molecule is CCCCCCCCCCCCCCCCC(OCCC)=C(COCOCOCC(OCCC)=C(CCCCCCCCCCCCCCCC)OCCC)OCCC. The van der Waals surface area contributed by atoms with E-state index in [2.05, 4.69) is 41.5 Å². The van der Waals surface area contributed by atoms with E-state index < -0.39 is 0 Å². The molecule has 7 heteroatoms. The smallest absolute Gasteiger partial charge is 0.159 e. The van der Waals surface area contributed by atoms with Crippen molar-refractivity contribution in [2.24, 2.45) is 0 Å². The van der Waals surface area contributed by atoms with Gasteiger partial charge in [-0.3, -0.25) is 0 Å². The van der Waals surface area contributed by atoms with Crippen molar-refractivity contribution in [2.45, 2.75) is 260 Å². The van der Waals surface area contributed by atoms with Crippen LogP contribution in [0.5, 0.6) is 0 Å². The maximum Gasteiger partial charge on any atom is 0.159 e. The monoisotopic (exact) mass is 839 g/mol. The average Bonchev–Trinajstić information content (AvgIpc) is 3.25. The number of allylic oxidation sites excluding steroid dienone is 2. The van der Waals surface area contributed by atoms with Gasteiger partial charge in [0.15, 0.2) is 11.5 Å². The first-order valence-electron chi connectivity index (χ1n) is 25.9. The van der Waals surface area contributed by atoms with Crippen LogP contribution >= 0.6 is 0 Å². The fourth-order valence-electron chi connectivity index (χ4n) is 7.27. The van der Waals surface area contributed by atoms with Crippen molar-refractivity contribution in [2.75, 3.05) is 53.2 Å². The lowest BCUT2D eigenvalue weighted by atomic mass is 10.0. The molecule has 0 radical (unpaired) electrons. The Morgan fingerprint density at radius 1 is 0.237 bits per heavy atom. The molecule has 0 spiro atoms. The van der Waals surface area contributed by atoms with E-state index in [0.29, 0.717) is 39.6 Å². The zero-order valence-electron chi connectivity index (χ0n) is 40.6. The fourth-order valence-corrected chi connectivity index (χ4v) is 7.27. The van der Waals surface area contributed by atoms with E-state index >= 15 is 0 Å². The third kappa shape index (κ3) is 40.4. The third-order valence-electron chi connectivity index (χ3n) is 10.9. The molecule has 0 unspecified atom stereocenters. The van der Waals surface area contributed by atoms with Crippen LogP contribution in [0, 0.1) is 0 Å². The van der Waals surface area contributed by atoms with Crippen molar-refractivity contribution in [3.8, 4) is 0 Å². The highest BCUT2D eigenvalue weighted by Crippen LogP contribution is 2.21. The summed E-state index contributed by atoms with van der Waals surface area (Å²) in [5, 5.41) is 0. The van der Waals surface area contributed by atoms with Gasteiger partial charge in [0.1, 0.15) is 38.3 Å². The van der Waals surface area contributed by atoms with Gasteiger partial charge in [-0.05, 0) is 38.5 Å². The van der Waals surface area contributed by atoms with E-state index in [-0.39, 0.29) is 13.6 Å².